The molecule has 29 heavy (non-hydrogen) atoms. The zero-order chi connectivity index (χ0) is 20.9. The fourth-order valence-electron chi connectivity index (χ4n) is 2.78. The Morgan fingerprint density at radius 1 is 0.966 bits per heavy atom. The Balaban J connectivity index is 1.86. The Morgan fingerprint density at radius 3 is 2.21 bits per heavy atom. The summed E-state index contributed by atoms with van der Waals surface area (Å²) in [5.41, 5.74) is 1.82. The SMILES string of the molecule is CCN(c1ccccc1)S(=O)(=O)c1ccc(Cl)c(NC(=S)Nc2ccccc2)c1. The number of nitrogens with one attached hydrogen (secondary N) is 2. The second-order valence-corrected chi connectivity index (χ2v) is 8.77. The van der Waals surface area contributed by atoms with Gasteiger partial charge in [0.2, 0.25) is 0 Å². The number of halogens is 1. The van der Waals surface area contributed by atoms with E-state index in [2.05, 4.69) is 10.6 Å². The summed E-state index contributed by atoms with van der Waals surface area (Å²) in [6, 6.07) is 22.9. The lowest BCUT2D eigenvalue weighted by atomic mass is 10.3. The van der Waals surface area contributed by atoms with Crippen LogP contribution >= 0.6 is 23.8 Å². The van der Waals surface area contributed by atoms with Crippen LogP contribution in [-0.2, 0) is 10.0 Å². The van der Waals surface area contributed by atoms with Gasteiger partial charge in [-0.3, -0.25) is 4.31 Å². The molecule has 0 atom stereocenters. The molecule has 150 valence electrons. The minimum atomic E-state index is -3.77. The Labute approximate surface area is 181 Å². The average molecular weight is 446 g/mol. The van der Waals surface area contributed by atoms with Gasteiger partial charge in [-0.15, -0.1) is 0 Å². The van der Waals surface area contributed by atoms with Gasteiger partial charge in [-0.25, -0.2) is 8.42 Å². The van der Waals surface area contributed by atoms with Crippen LogP contribution in [0.3, 0.4) is 0 Å². The third kappa shape index (κ3) is 5.06. The lowest BCUT2D eigenvalue weighted by Gasteiger charge is -2.23. The highest BCUT2D eigenvalue weighted by atomic mass is 35.5. The van der Waals surface area contributed by atoms with E-state index in [1.54, 1.807) is 37.3 Å². The number of thiocarbonyl (C=S) groups is 1. The third-order valence-electron chi connectivity index (χ3n) is 4.14. The molecule has 0 aliphatic carbocycles. The average Bonchev–Trinajstić information content (AvgIpc) is 2.71. The third-order valence-corrected chi connectivity index (χ3v) is 6.57. The van der Waals surface area contributed by atoms with Gasteiger partial charge in [0.25, 0.3) is 10.0 Å². The highest BCUT2D eigenvalue weighted by molar-refractivity contribution is 7.92. The number of rotatable bonds is 6. The Kier molecular flexibility index (Phi) is 6.74. The second-order valence-electron chi connectivity index (χ2n) is 6.09. The smallest absolute Gasteiger partial charge is 0.264 e. The van der Waals surface area contributed by atoms with Crippen molar-refractivity contribution in [3.05, 3.63) is 83.9 Å². The molecule has 0 saturated carbocycles. The van der Waals surface area contributed by atoms with Gasteiger partial charge < -0.3 is 10.6 Å². The fourth-order valence-corrected chi connectivity index (χ4v) is 4.67. The topological polar surface area (TPSA) is 61.4 Å². The van der Waals surface area contributed by atoms with Gasteiger partial charge >= 0.3 is 0 Å². The van der Waals surface area contributed by atoms with E-state index >= 15 is 0 Å². The Morgan fingerprint density at radius 2 is 1.59 bits per heavy atom. The van der Waals surface area contributed by atoms with Crippen molar-refractivity contribution in [1.82, 2.24) is 0 Å². The first kappa shape index (κ1) is 21.1. The molecule has 3 aromatic rings. The molecule has 0 aliphatic heterocycles. The fraction of sp³-hybridized carbons (Fsp3) is 0.0952. The van der Waals surface area contributed by atoms with E-state index in [4.69, 9.17) is 23.8 Å². The number of benzene rings is 3. The van der Waals surface area contributed by atoms with Crippen LogP contribution in [0.1, 0.15) is 6.92 Å². The summed E-state index contributed by atoms with van der Waals surface area (Å²) in [6.45, 7) is 2.09. The van der Waals surface area contributed by atoms with Gasteiger partial charge in [-0.05, 0) is 61.6 Å². The number of nitrogens with zero attached hydrogens (tertiary/aromatic N) is 1. The van der Waals surface area contributed by atoms with Crippen LogP contribution in [-0.4, -0.2) is 20.1 Å². The molecule has 0 aromatic heterocycles. The van der Waals surface area contributed by atoms with E-state index in [1.165, 1.54) is 16.4 Å². The molecule has 0 bridgehead atoms. The van der Waals surface area contributed by atoms with Crippen molar-refractivity contribution in [1.29, 1.82) is 0 Å². The molecule has 0 aliphatic rings. The van der Waals surface area contributed by atoms with Gasteiger partial charge in [-0.1, -0.05) is 48.0 Å². The molecule has 3 rings (SSSR count). The van der Waals surface area contributed by atoms with Crippen molar-refractivity contribution in [2.24, 2.45) is 0 Å². The van der Waals surface area contributed by atoms with Gasteiger partial charge in [0, 0.05) is 12.2 Å². The maximum absolute atomic E-state index is 13.2. The van der Waals surface area contributed by atoms with Crippen LogP contribution in [0.25, 0.3) is 0 Å². The zero-order valence-electron chi connectivity index (χ0n) is 15.7. The molecule has 0 amide bonds. The highest BCUT2D eigenvalue weighted by Gasteiger charge is 2.24. The molecule has 2 N–H and O–H groups in total. The highest BCUT2D eigenvalue weighted by Crippen LogP contribution is 2.29. The lowest BCUT2D eigenvalue weighted by molar-refractivity contribution is 0.592. The van der Waals surface area contributed by atoms with E-state index in [0.29, 0.717) is 28.1 Å². The maximum Gasteiger partial charge on any atom is 0.264 e. The van der Waals surface area contributed by atoms with Crippen LogP contribution in [0, 0.1) is 0 Å². The first-order chi connectivity index (χ1) is 13.9. The predicted molar refractivity (Wildman–Crippen MR) is 124 cm³/mol. The van der Waals surface area contributed by atoms with Crippen LogP contribution in [0.5, 0.6) is 0 Å². The summed E-state index contributed by atoms with van der Waals surface area (Å²) >= 11 is 11.6. The minimum Gasteiger partial charge on any atom is -0.332 e. The van der Waals surface area contributed by atoms with Crippen LogP contribution in [0.2, 0.25) is 5.02 Å². The maximum atomic E-state index is 13.2. The molecule has 0 spiro atoms. The molecular weight excluding hydrogens is 426 g/mol. The van der Waals surface area contributed by atoms with Crippen molar-refractivity contribution < 1.29 is 8.42 Å². The number of para-hydroxylation sites is 2. The van der Waals surface area contributed by atoms with Crippen molar-refractivity contribution in [3.8, 4) is 0 Å². The van der Waals surface area contributed by atoms with Crippen LogP contribution in [0.4, 0.5) is 17.1 Å². The van der Waals surface area contributed by atoms with E-state index in [-0.39, 0.29) is 4.90 Å². The number of hydrogen-bond acceptors (Lipinski definition) is 3. The normalized spacial score (nSPS) is 11.0. The van der Waals surface area contributed by atoms with E-state index in [9.17, 15) is 8.42 Å². The number of sulfonamides is 1. The molecule has 0 unspecified atom stereocenters. The Hall–Kier alpha value is -2.61. The van der Waals surface area contributed by atoms with Crippen molar-refractivity contribution >= 4 is 56.0 Å². The van der Waals surface area contributed by atoms with Gasteiger partial charge in [0.15, 0.2) is 5.11 Å². The Bertz CT molecular complexity index is 1090. The first-order valence-corrected chi connectivity index (χ1v) is 11.1. The summed E-state index contributed by atoms with van der Waals surface area (Å²) in [4.78, 5) is 0.123. The molecule has 8 heteroatoms. The zero-order valence-corrected chi connectivity index (χ0v) is 18.1. The van der Waals surface area contributed by atoms with Gasteiger partial charge in [-0.2, -0.15) is 0 Å². The van der Waals surface area contributed by atoms with Gasteiger partial charge in [0.05, 0.1) is 21.3 Å². The molecule has 0 radical (unpaired) electrons. The lowest BCUT2D eigenvalue weighted by Crippen LogP contribution is -2.30. The first-order valence-electron chi connectivity index (χ1n) is 8.92. The van der Waals surface area contributed by atoms with Gasteiger partial charge in [0.1, 0.15) is 0 Å². The molecular formula is C21H20ClN3O2S2. The summed E-state index contributed by atoms with van der Waals surface area (Å²) < 4.78 is 27.8. The largest absolute Gasteiger partial charge is 0.332 e. The molecule has 0 fully saturated rings. The quantitative estimate of drug-likeness (QED) is 0.500. The van der Waals surface area contributed by atoms with Crippen LogP contribution in [0.15, 0.2) is 83.8 Å². The molecule has 5 nitrogen and oxygen atoms in total. The summed E-state index contributed by atoms with van der Waals surface area (Å²) in [5, 5.41) is 6.68. The predicted octanol–water partition coefficient (Wildman–Crippen LogP) is 5.36. The summed E-state index contributed by atoms with van der Waals surface area (Å²) in [6.07, 6.45) is 0. The van der Waals surface area contributed by atoms with E-state index in [0.717, 1.165) is 5.69 Å². The van der Waals surface area contributed by atoms with Crippen molar-refractivity contribution in [3.63, 3.8) is 0 Å². The molecule has 0 heterocycles. The number of anilines is 3. The van der Waals surface area contributed by atoms with Crippen LogP contribution < -0.4 is 14.9 Å². The van der Waals surface area contributed by atoms with Crippen molar-refractivity contribution in [2.45, 2.75) is 11.8 Å². The van der Waals surface area contributed by atoms with E-state index < -0.39 is 10.0 Å². The monoisotopic (exact) mass is 445 g/mol. The van der Waals surface area contributed by atoms with E-state index in [1.807, 2.05) is 36.4 Å². The minimum absolute atomic E-state index is 0.123. The number of hydrogen-bond donors (Lipinski definition) is 2. The second kappa shape index (κ2) is 9.26. The summed E-state index contributed by atoms with van der Waals surface area (Å²) in [5.74, 6) is 0. The standard InChI is InChI=1S/C21H20ClN3O2S2/c1-2-25(17-11-7-4-8-12-17)29(26,27)18-13-14-19(22)20(15-18)24-21(28)23-16-9-5-3-6-10-16/h3-15H,2H2,1H3,(H2,23,24,28). The molecule has 0 saturated heterocycles. The van der Waals surface area contributed by atoms with Crippen molar-refractivity contribution in [2.75, 3.05) is 21.5 Å². The summed E-state index contributed by atoms with van der Waals surface area (Å²) in [7, 11) is -3.77. The molecule has 3 aromatic carbocycles.